The summed E-state index contributed by atoms with van der Waals surface area (Å²) in [4.78, 5) is 3.88. The van der Waals surface area contributed by atoms with E-state index in [2.05, 4.69) is 4.99 Å². The molecule has 1 aromatic carbocycles. The number of phenolic OH excluding ortho intramolecular Hbond substituents is 1. The molecule has 1 N–H and O–H groups in total. The van der Waals surface area contributed by atoms with Crippen molar-refractivity contribution in [3.05, 3.63) is 34.7 Å². The van der Waals surface area contributed by atoms with Crippen molar-refractivity contribution in [3.8, 4) is 5.75 Å². The summed E-state index contributed by atoms with van der Waals surface area (Å²) in [6, 6.07) is 2.33. The minimum atomic E-state index is -0.462. The van der Waals surface area contributed by atoms with Gasteiger partial charge >= 0.3 is 0 Å². The number of phenols is 1. The van der Waals surface area contributed by atoms with Crippen molar-refractivity contribution in [2.45, 2.75) is 6.42 Å². The lowest BCUT2D eigenvalue weighted by atomic mass is 10.0. The molecule has 14 heavy (non-hydrogen) atoms. The fourth-order valence-electron chi connectivity index (χ4n) is 1.34. The summed E-state index contributed by atoms with van der Waals surface area (Å²) in [5, 5.41) is 9.61. The highest BCUT2D eigenvalue weighted by atomic mass is 35.5. The van der Waals surface area contributed by atoms with Gasteiger partial charge in [-0.25, -0.2) is 4.39 Å². The van der Waals surface area contributed by atoms with E-state index in [1.165, 1.54) is 6.07 Å². The zero-order valence-corrected chi connectivity index (χ0v) is 7.92. The molecule has 0 bridgehead atoms. The van der Waals surface area contributed by atoms with Crippen LogP contribution in [0.4, 0.5) is 4.39 Å². The van der Waals surface area contributed by atoms with Gasteiger partial charge in [-0.05, 0) is 17.7 Å². The molecule has 72 valence electrons. The molecule has 1 heterocycles. The molecule has 4 heteroatoms. The lowest BCUT2D eigenvalue weighted by molar-refractivity contribution is 0.471. The summed E-state index contributed by atoms with van der Waals surface area (Å²) >= 11 is 5.64. The first-order chi connectivity index (χ1) is 6.68. The molecular weight excluding hydrogens is 205 g/mol. The number of hydrogen-bond acceptors (Lipinski definition) is 2. The number of aromatic hydroxyl groups is 1. The Morgan fingerprint density at radius 3 is 2.86 bits per heavy atom. The summed E-state index contributed by atoms with van der Waals surface area (Å²) in [5.41, 5.74) is 1.18. The van der Waals surface area contributed by atoms with E-state index in [-0.39, 0.29) is 10.8 Å². The second kappa shape index (κ2) is 3.42. The Balaban J connectivity index is 2.52. The van der Waals surface area contributed by atoms with E-state index in [1.807, 2.05) is 0 Å². The van der Waals surface area contributed by atoms with Crippen LogP contribution in [0, 0.1) is 5.82 Å². The van der Waals surface area contributed by atoms with Crippen molar-refractivity contribution in [1.29, 1.82) is 0 Å². The van der Waals surface area contributed by atoms with Gasteiger partial charge in [0.25, 0.3) is 0 Å². The molecule has 1 aromatic rings. The monoisotopic (exact) mass is 211 g/mol. The van der Waals surface area contributed by atoms with Gasteiger partial charge in [0.15, 0.2) is 0 Å². The van der Waals surface area contributed by atoms with Crippen molar-refractivity contribution in [3.63, 3.8) is 0 Å². The fraction of sp³-hybridized carbons (Fsp3) is 0.100. The minimum absolute atomic E-state index is 0.0211. The molecule has 0 amide bonds. The zero-order chi connectivity index (χ0) is 10.1. The molecule has 0 saturated heterocycles. The Hall–Kier alpha value is -1.35. The predicted molar refractivity (Wildman–Crippen MR) is 54.2 cm³/mol. The zero-order valence-electron chi connectivity index (χ0n) is 7.17. The second-order valence-corrected chi connectivity index (χ2v) is 3.38. The second-order valence-electron chi connectivity index (χ2n) is 2.97. The first-order valence-electron chi connectivity index (χ1n) is 4.07. The predicted octanol–water partition coefficient (Wildman–Crippen LogP) is 3.00. The number of allylic oxidation sites excluding steroid dienone is 1. The van der Waals surface area contributed by atoms with E-state index >= 15 is 0 Å². The number of benzene rings is 1. The molecule has 0 atom stereocenters. The maximum atomic E-state index is 13.0. The summed E-state index contributed by atoms with van der Waals surface area (Å²) in [6.07, 6.45) is 3.87. The van der Waals surface area contributed by atoms with Crippen LogP contribution in [-0.4, -0.2) is 11.3 Å². The number of rotatable bonds is 1. The van der Waals surface area contributed by atoms with Gasteiger partial charge < -0.3 is 5.11 Å². The number of halogens is 2. The van der Waals surface area contributed by atoms with Gasteiger partial charge in [0, 0.05) is 24.4 Å². The Morgan fingerprint density at radius 2 is 2.21 bits per heavy atom. The van der Waals surface area contributed by atoms with E-state index in [0.29, 0.717) is 12.0 Å². The highest BCUT2D eigenvalue weighted by Crippen LogP contribution is 2.35. The molecule has 0 spiro atoms. The molecule has 0 unspecified atom stereocenters. The Morgan fingerprint density at radius 1 is 1.43 bits per heavy atom. The molecule has 2 rings (SSSR count). The maximum Gasteiger partial charge on any atom is 0.141 e. The average molecular weight is 212 g/mol. The largest absolute Gasteiger partial charge is 0.506 e. The molecule has 1 aliphatic rings. The third-order valence-corrected chi connectivity index (χ3v) is 2.31. The van der Waals surface area contributed by atoms with Gasteiger partial charge in [-0.2, -0.15) is 0 Å². The summed E-state index contributed by atoms with van der Waals surface area (Å²) in [7, 11) is 0. The van der Waals surface area contributed by atoms with Crippen molar-refractivity contribution in [1.82, 2.24) is 0 Å². The summed E-state index contributed by atoms with van der Waals surface area (Å²) in [5.74, 6) is -0.555. The van der Waals surface area contributed by atoms with Crippen molar-refractivity contribution >= 4 is 23.4 Å². The van der Waals surface area contributed by atoms with Gasteiger partial charge in [0.05, 0.1) is 5.02 Å². The summed E-state index contributed by atoms with van der Waals surface area (Å²) in [6.45, 7) is 0. The SMILES string of the molecule is Oc1c(Cl)cc(F)cc1C1=CN=CC1. The van der Waals surface area contributed by atoms with Crippen molar-refractivity contribution in [2.75, 3.05) is 0 Å². The quantitative estimate of drug-likeness (QED) is 0.761. The first-order valence-corrected chi connectivity index (χ1v) is 4.45. The molecule has 0 radical (unpaired) electrons. The van der Waals surface area contributed by atoms with Crippen LogP contribution in [0.3, 0.4) is 0 Å². The Labute approximate surface area is 85.4 Å². The molecular formula is C10H7ClFNO. The third-order valence-electron chi connectivity index (χ3n) is 2.02. The highest BCUT2D eigenvalue weighted by molar-refractivity contribution is 6.32. The minimum Gasteiger partial charge on any atom is -0.506 e. The summed E-state index contributed by atoms with van der Waals surface area (Å²) < 4.78 is 13.0. The number of nitrogens with zero attached hydrogens (tertiary/aromatic N) is 1. The number of aliphatic imine (C=N–C) groups is 1. The highest BCUT2D eigenvalue weighted by Gasteiger charge is 2.13. The smallest absolute Gasteiger partial charge is 0.141 e. The topological polar surface area (TPSA) is 32.6 Å². The van der Waals surface area contributed by atoms with Crippen LogP contribution < -0.4 is 0 Å². The van der Waals surface area contributed by atoms with E-state index < -0.39 is 5.82 Å². The maximum absolute atomic E-state index is 13.0. The molecule has 0 aliphatic carbocycles. The van der Waals surface area contributed by atoms with Crippen LogP contribution in [0.25, 0.3) is 5.57 Å². The van der Waals surface area contributed by atoms with Crippen LogP contribution in [0.5, 0.6) is 5.75 Å². The van der Waals surface area contributed by atoms with Crippen LogP contribution >= 0.6 is 11.6 Å². The number of hydrogen-bond donors (Lipinski definition) is 1. The van der Waals surface area contributed by atoms with Crippen LogP contribution in [0.1, 0.15) is 12.0 Å². The molecule has 0 fully saturated rings. The van der Waals surface area contributed by atoms with Gasteiger partial charge in [-0.1, -0.05) is 11.6 Å². The molecule has 2 nitrogen and oxygen atoms in total. The van der Waals surface area contributed by atoms with E-state index in [0.717, 1.165) is 11.6 Å². The normalized spacial score (nSPS) is 14.6. The van der Waals surface area contributed by atoms with E-state index in [9.17, 15) is 9.50 Å². The average Bonchev–Trinajstić information content (AvgIpc) is 2.63. The lowest BCUT2D eigenvalue weighted by Gasteiger charge is -2.06. The van der Waals surface area contributed by atoms with Gasteiger partial charge in [-0.15, -0.1) is 0 Å². The van der Waals surface area contributed by atoms with Gasteiger partial charge in [0.1, 0.15) is 11.6 Å². The lowest BCUT2D eigenvalue weighted by Crippen LogP contribution is -1.87. The fourth-order valence-corrected chi connectivity index (χ4v) is 1.54. The molecule has 0 saturated carbocycles. The standard InChI is InChI=1S/C10H7ClFNO/c11-9-4-7(12)3-8(10(9)14)6-1-2-13-5-6/h2-5,14H,1H2. The van der Waals surface area contributed by atoms with Gasteiger partial charge in [0.2, 0.25) is 0 Å². The molecule has 1 aliphatic heterocycles. The van der Waals surface area contributed by atoms with E-state index in [1.54, 1.807) is 12.4 Å². The van der Waals surface area contributed by atoms with Crippen LogP contribution in [0.15, 0.2) is 23.3 Å². The third kappa shape index (κ3) is 1.51. The van der Waals surface area contributed by atoms with Crippen LogP contribution in [-0.2, 0) is 0 Å². The van der Waals surface area contributed by atoms with Crippen molar-refractivity contribution in [2.24, 2.45) is 4.99 Å². The first kappa shape index (κ1) is 9.21. The van der Waals surface area contributed by atoms with Crippen LogP contribution in [0.2, 0.25) is 5.02 Å². The van der Waals surface area contributed by atoms with E-state index in [4.69, 9.17) is 11.6 Å². The Bertz CT molecular complexity index is 440. The Kier molecular flexibility index (Phi) is 2.25. The molecule has 0 aromatic heterocycles. The van der Waals surface area contributed by atoms with Gasteiger partial charge in [-0.3, -0.25) is 4.99 Å². The van der Waals surface area contributed by atoms with Crippen molar-refractivity contribution < 1.29 is 9.50 Å².